The van der Waals surface area contributed by atoms with Crippen molar-refractivity contribution in [1.29, 1.82) is 0 Å². The van der Waals surface area contributed by atoms with Gasteiger partial charge in [-0.25, -0.2) is 0 Å². The van der Waals surface area contributed by atoms with Crippen molar-refractivity contribution in [2.75, 3.05) is 13.6 Å². The largest absolute Gasteiger partial charge is 0.361 e. The second-order valence-electron chi connectivity index (χ2n) is 5.63. The number of para-hydroxylation sites is 1. The maximum atomic E-state index is 11.8. The van der Waals surface area contributed by atoms with Crippen LogP contribution in [0.5, 0.6) is 0 Å². The molecule has 0 saturated heterocycles. The summed E-state index contributed by atoms with van der Waals surface area (Å²) in [6.07, 6.45) is 5.06. The molecular weight excluding hydrogens is 236 g/mol. The monoisotopic (exact) mass is 256 g/mol. The first-order chi connectivity index (χ1) is 9.16. The molecule has 0 bridgehead atoms. The first-order valence-electron chi connectivity index (χ1n) is 6.97. The van der Waals surface area contributed by atoms with Crippen LogP contribution in [0.15, 0.2) is 30.5 Å². The lowest BCUT2D eigenvalue weighted by Crippen LogP contribution is -2.33. The van der Waals surface area contributed by atoms with Gasteiger partial charge in [-0.1, -0.05) is 25.1 Å². The fourth-order valence-corrected chi connectivity index (χ4v) is 2.99. The maximum absolute atomic E-state index is 11.8. The minimum absolute atomic E-state index is 0.180. The van der Waals surface area contributed by atoms with Gasteiger partial charge < -0.3 is 9.88 Å². The van der Waals surface area contributed by atoms with E-state index < -0.39 is 0 Å². The topological polar surface area (TPSA) is 36.1 Å². The van der Waals surface area contributed by atoms with Gasteiger partial charge in [-0.3, -0.25) is 4.79 Å². The molecular formula is C16H20N2O. The minimum Gasteiger partial charge on any atom is -0.361 e. The van der Waals surface area contributed by atoms with E-state index in [1.165, 1.54) is 29.3 Å². The van der Waals surface area contributed by atoms with Crippen molar-refractivity contribution >= 4 is 16.8 Å². The number of amides is 1. The van der Waals surface area contributed by atoms with Crippen LogP contribution in [0, 0.1) is 0 Å². The lowest BCUT2D eigenvalue weighted by molar-refractivity contribution is -0.129. The molecule has 0 unspecified atom stereocenters. The molecule has 1 aliphatic carbocycles. The van der Waals surface area contributed by atoms with Gasteiger partial charge in [-0.15, -0.1) is 0 Å². The highest BCUT2D eigenvalue weighted by atomic mass is 16.2. The normalized spacial score (nSPS) is 16.5. The van der Waals surface area contributed by atoms with Crippen molar-refractivity contribution in [2.24, 2.45) is 0 Å². The van der Waals surface area contributed by atoms with Crippen LogP contribution in [-0.4, -0.2) is 29.4 Å². The summed E-state index contributed by atoms with van der Waals surface area (Å²) in [4.78, 5) is 17.0. The number of nitrogens with one attached hydrogen (secondary N) is 1. The lowest BCUT2D eigenvalue weighted by Gasteiger charge is -2.23. The van der Waals surface area contributed by atoms with E-state index >= 15 is 0 Å². The predicted molar refractivity (Wildman–Crippen MR) is 77.1 cm³/mol. The van der Waals surface area contributed by atoms with E-state index in [9.17, 15) is 4.79 Å². The van der Waals surface area contributed by atoms with Crippen molar-refractivity contribution in [1.82, 2.24) is 9.88 Å². The lowest BCUT2D eigenvalue weighted by atomic mass is 9.95. The molecule has 1 fully saturated rings. The molecule has 0 aliphatic heterocycles. The van der Waals surface area contributed by atoms with E-state index in [0.717, 1.165) is 6.54 Å². The van der Waals surface area contributed by atoms with Gasteiger partial charge in [0.05, 0.1) is 0 Å². The highest BCUT2D eigenvalue weighted by Crippen LogP contribution is 2.50. The molecule has 19 heavy (non-hydrogen) atoms. The fraction of sp³-hybridized carbons (Fsp3) is 0.438. The molecule has 1 aromatic carbocycles. The molecule has 1 amide bonds. The van der Waals surface area contributed by atoms with E-state index in [-0.39, 0.29) is 11.3 Å². The van der Waals surface area contributed by atoms with Gasteiger partial charge in [0, 0.05) is 42.5 Å². The van der Waals surface area contributed by atoms with Crippen LogP contribution < -0.4 is 0 Å². The number of carbonyl (C=O) groups is 1. The van der Waals surface area contributed by atoms with Gasteiger partial charge >= 0.3 is 0 Å². The number of hydrogen-bond acceptors (Lipinski definition) is 1. The summed E-state index contributed by atoms with van der Waals surface area (Å²) >= 11 is 0. The number of aromatic nitrogens is 1. The quantitative estimate of drug-likeness (QED) is 0.896. The average molecular weight is 256 g/mol. The highest BCUT2D eigenvalue weighted by molar-refractivity contribution is 5.85. The van der Waals surface area contributed by atoms with Gasteiger partial charge in [0.2, 0.25) is 5.91 Å². The summed E-state index contributed by atoms with van der Waals surface area (Å²) in [5, 5.41) is 1.30. The summed E-state index contributed by atoms with van der Waals surface area (Å²) in [5.74, 6) is 0.228. The molecule has 1 heterocycles. The van der Waals surface area contributed by atoms with Gasteiger partial charge in [-0.05, 0) is 24.5 Å². The van der Waals surface area contributed by atoms with Crippen LogP contribution in [0.4, 0.5) is 0 Å². The molecule has 0 spiro atoms. The Morgan fingerprint density at radius 3 is 2.79 bits per heavy atom. The predicted octanol–water partition coefficient (Wildman–Crippen LogP) is 3.07. The Morgan fingerprint density at radius 1 is 1.37 bits per heavy atom. The third-order valence-electron chi connectivity index (χ3n) is 4.28. The Hall–Kier alpha value is -1.77. The van der Waals surface area contributed by atoms with Gasteiger partial charge in [0.25, 0.3) is 0 Å². The van der Waals surface area contributed by atoms with E-state index in [1.54, 1.807) is 0 Å². The molecule has 3 heteroatoms. The molecule has 2 aromatic rings. The number of benzene rings is 1. The van der Waals surface area contributed by atoms with Gasteiger partial charge in [-0.2, -0.15) is 0 Å². The van der Waals surface area contributed by atoms with Gasteiger partial charge in [0.15, 0.2) is 0 Å². The van der Waals surface area contributed by atoms with Crippen molar-refractivity contribution < 1.29 is 4.79 Å². The van der Waals surface area contributed by atoms with Crippen molar-refractivity contribution in [3.05, 3.63) is 36.0 Å². The van der Waals surface area contributed by atoms with Crippen LogP contribution in [0.3, 0.4) is 0 Å². The number of likely N-dealkylation sites (N-methyl/N-ethyl adjacent to an activating group) is 1. The van der Waals surface area contributed by atoms with E-state index in [4.69, 9.17) is 0 Å². The maximum Gasteiger partial charge on any atom is 0.222 e. The van der Waals surface area contributed by atoms with Crippen LogP contribution in [0.25, 0.3) is 10.9 Å². The van der Waals surface area contributed by atoms with Crippen LogP contribution in [0.1, 0.15) is 31.7 Å². The number of H-pyrrole nitrogens is 1. The fourth-order valence-electron chi connectivity index (χ4n) is 2.99. The Morgan fingerprint density at radius 2 is 2.11 bits per heavy atom. The minimum atomic E-state index is 0.180. The second-order valence-corrected chi connectivity index (χ2v) is 5.63. The molecule has 100 valence electrons. The van der Waals surface area contributed by atoms with Crippen molar-refractivity contribution in [3.63, 3.8) is 0 Å². The summed E-state index contributed by atoms with van der Waals surface area (Å²) in [7, 11) is 1.92. The molecule has 1 aliphatic rings. The van der Waals surface area contributed by atoms with E-state index in [1.807, 2.05) is 18.9 Å². The molecule has 3 nitrogen and oxygen atoms in total. The molecule has 0 radical (unpaired) electrons. The summed E-state index contributed by atoms with van der Waals surface area (Å²) in [6, 6.07) is 8.41. The molecule has 1 N–H and O–H groups in total. The summed E-state index contributed by atoms with van der Waals surface area (Å²) in [6.45, 7) is 2.76. The van der Waals surface area contributed by atoms with Crippen molar-refractivity contribution in [3.8, 4) is 0 Å². The Balaban J connectivity index is 1.91. The molecule has 1 aromatic heterocycles. The highest BCUT2D eigenvalue weighted by Gasteiger charge is 2.46. The third-order valence-corrected chi connectivity index (χ3v) is 4.28. The van der Waals surface area contributed by atoms with Crippen LogP contribution in [-0.2, 0) is 10.2 Å². The standard InChI is InChI=1S/C16H20N2O/c1-3-15(19)18(2)11-16(8-9-16)13-10-17-14-7-5-4-6-12(13)14/h4-7,10,17H,3,8-9,11H2,1-2H3. The zero-order valence-electron chi connectivity index (χ0n) is 11.6. The molecule has 3 rings (SSSR count). The number of fused-ring (bicyclic) bond motifs is 1. The average Bonchev–Trinajstić information content (AvgIpc) is 3.07. The van der Waals surface area contributed by atoms with Crippen molar-refractivity contribution in [2.45, 2.75) is 31.6 Å². The van der Waals surface area contributed by atoms with Crippen LogP contribution in [0.2, 0.25) is 0 Å². The summed E-state index contributed by atoms with van der Waals surface area (Å²) < 4.78 is 0. The van der Waals surface area contributed by atoms with Crippen LogP contribution >= 0.6 is 0 Å². The van der Waals surface area contributed by atoms with E-state index in [2.05, 4.69) is 35.4 Å². The number of rotatable bonds is 4. The Bertz CT molecular complexity index is 610. The molecule has 0 atom stereocenters. The number of hydrogen-bond donors (Lipinski definition) is 1. The first kappa shape index (κ1) is 12.3. The zero-order valence-corrected chi connectivity index (χ0v) is 11.6. The smallest absolute Gasteiger partial charge is 0.222 e. The first-order valence-corrected chi connectivity index (χ1v) is 6.97. The third kappa shape index (κ3) is 2.03. The summed E-state index contributed by atoms with van der Waals surface area (Å²) in [5.41, 5.74) is 2.74. The SMILES string of the molecule is CCC(=O)N(C)CC1(c2c[nH]c3ccccc23)CC1. The van der Waals surface area contributed by atoms with Gasteiger partial charge in [0.1, 0.15) is 0 Å². The van der Waals surface area contributed by atoms with E-state index in [0.29, 0.717) is 6.42 Å². The number of aromatic amines is 1. The zero-order chi connectivity index (χ0) is 13.5. The second kappa shape index (κ2) is 4.41. The number of nitrogens with zero attached hydrogens (tertiary/aromatic N) is 1. The Kier molecular flexibility index (Phi) is 2.85. The number of carbonyl (C=O) groups excluding carboxylic acids is 1. The Labute approximate surface area is 113 Å². The molecule has 1 saturated carbocycles.